The first-order chi connectivity index (χ1) is 7.41. The van der Waals surface area contributed by atoms with Gasteiger partial charge in [-0.05, 0) is 24.6 Å². The lowest BCUT2D eigenvalue weighted by molar-refractivity contribution is -0.138. The third-order valence-electron chi connectivity index (χ3n) is 2.62. The molecule has 0 fully saturated rings. The van der Waals surface area contributed by atoms with Crippen molar-refractivity contribution in [1.29, 1.82) is 0 Å². The minimum atomic E-state index is -4.38. The number of halogens is 3. The number of Topliss-reactive ketones (excluding diaryl/α,β-unsaturated/α-hetero) is 1. The van der Waals surface area contributed by atoms with Crippen LogP contribution in [0.1, 0.15) is 24.0 Å². The van der Waals surface area contributed by atoms with E-state index < -0.39 is 17.7 Å². The fraction of sp³-hybridized carbons (Fsp3) is 0.364. The summed E-state index contributed by atoms with van der Waals surface area (Å²) in [6.45, 7) is 1.34. The molecule has 5 heteroatoms. The lowest BCUT2D eigenvalue weighted by Crippen LogP contribution is -2.15. The van der Waals surface area contributed by atoms with Crippen LogP contribution >= 0.6 is 11.8 Å². The first-order valence-electron chi connectivity index (χ1n) is 4.74. The Hall–Kier alpha value is -0.970. The quantitative estimate of drug-likeness (QED) is 0.754. The summed E-state index contributed by atoms with van der Waals surface area (Å²) in [4.78, 5) is 11.9. The first-order valence-corrected chi connectivity index (χ1v) is 5.73. The lowest BCUT2D eigenvalue weighted by atomic mass is 9.93. The predicted molar refractivity (Wildman–Crippen MR) is 55.6 cm³/mol. The van der Waals surface area contributed by atoms with Crippen LogP contribution in [0.3, 0.4) is 0 Å². The number of hydrogen-bond acceptors (Lipinski definition) is 2. The second-order valence-electron chi connectivity index (χ2n) is 3.69. The Bertz CT molecular complexity index is 439. The van der Waals surface area contributed by atoms with Crippen molar-refractivity contribution >= 4 is 17.5 Å². The van der Waals surface area contributed by atoms with E-state index in [1.54, 1.807) is 6.07 Å². The minimum absolute atomic E-state index is 0.160. The molecule has 0 aliphatic carbocycles. The maximum atomic E-state index is 12.8. The van der Waals surface area contributed by atoms with E-state index in [0.717, 1.165) is 6.07 Å². The van der Waals surface area contributed by atoms with Gasteiger partial charge in [-0.3, -0.25) is 4.79 Å². The van der Waals surface area contributed by atoms with E-state index >= 15 is 0 Å². The molecule has 1 unspecified atom stereocenters. The zero-order valence-corrected chi connectivity index (χ0v) is 9.28. The van der Waals surface area contributed by atoms with Crippen molar-refractivity contribution in [3.05, 3.63) is 29.3 Å². The summed E-state index contributed by atoms with van der Waals surface area (Å²) >= 11 is 1.31. The molecular formula is C11H9F3OS. The molecule has 1 nitrogen and oxygen atoms in total. The Labute approximate surface area is 95.0 Å². The average molecular weight is 246 g/mol. The van der Waals surface area contributed by atoms with Crippen molar-refractivity contribution in [3.63, 3.8) is 0 Å². The van der Waals surface area contributed by atoms with E-state index in [0.29, 0.717) is 10.6 Å². The molecule has 1 aliphatic rings. The molecule has 86 valence electrons. The molecule has 1 aromatic rings. The van der Waals surface area contributed by atoms with Crippen LogP contribution in [0.5, 0.6) is 0 Å². The fourth-order valence-electron chi connectivity index (χ4n) is 1.85. The van der Waals surface area contributed by atoms with Crippen molar-refractivity contribution in [3.8, 4) is 0 Å². The van der Waals surface area contributed by atoms with Gasteiger partial charge in [-0.1, -0.05) is 6.07 Å². The zero-order chi connectivity index (χ0) is 11.9. The van der Waals surface area contributed by atoms with Crippen LogP contribution < -0.4 is 0 Å². The molecular weight excluding hydrogens is 237 g/mol. The van der Waals surface area contributed by atoms with Gasteiger partial charge in [0, 0.05) is 10.6 Å². The molecule has 0 N–H and O–H groups in total. The van der Waals surface area contributed by atoms with Gasteiger partial charge in [-0.15, -0.1) is 11.8 Å². The van der Waals surface area contributed by atoms with Crippen LogP contribution in [-0.4, -0.2) is 11.5 Å². The standard InChI is InChI=1S/C11H9F3OS/c1-6(15)7-5-16-9-4-2-3-8(10(7)9)11(12,13)14/h2-4,7H,5H2,1H3. The molecule has 16 heavy (non-hydrogen) atoms. The second kappa shape index (κ2) is 3.80. The van der Waals surface area contributed by atoms with Gasteiger partial charge in [0.25, 0.3) is 0 Å². The first kappa shape index (κ1) is 11.5. The third-order valence-corrected chi connectivity index (χ3v) is 3.78. The molecule has 0 radical (unpaired) electrons. The summed E-state index contributed by atoms with van der Waals surface area (Å²) < 4.78 is 38.3. The van der Waals surface area contributed by atoms with Gasteiger partial charge in [0.2, 0.25) is 0 Å². The predicted octanol–water partition coefficient (Wildman–Crippen LogP) is 3.48. The molecule has 1 aromatic carbocycles. The number of carbonyl (C=O) groups is 1. The zero-order valence-electron chi connectivity index (χ0n) is 8.47. The molecule has 1 atom stereocenters. The Balaban J connectivity index is 2.58. The van der Waals surface area contributed by atoms with Crippen LogP contribution in [0, 0.1) is 0 Å². The lowest BCUT2D eigenvalue weighted by Gasteiger charge is -2.15. The van der Waals surface area contributed by atoms with Crippen molar-refractivity contribution in [1.82, 2.24) is 0 Å². The number of fused-ring (bicyclic) bond motifs is 1. The van der Waals surface area contributed by atoms with E-state index in [-0.39, 0.29) is 11.3 Å². The van der Waals surface area contributed by atoms with Crippen molar-refractivity contribution < 1.29 is 18.0 Å². The van der Waals surface area contributed by atoms with E-state index in [2.05, 4.69) is 0 Å². The van der Waals surface area contributed by atoms with Gasteiger partial charge in [0.05, 0.1) is 11.5 Å². The third kappa shape index (κ3) is 1.84. The molecule has 0 aromatic heterocycles. The van der Waals surface area contributed by atoms with Gasteiger partial charge in [-0.2, -0.15) is 13.2 Å². The maximum Gasteiger partial charge on any atom is 0.416 e. The molecule has 0 bridgehead atoms. The molecule has 2 rings (SSSR count). The van der Waals surface area contributed by atoms with Gasteiger partial charge in [0.1, 0.15) is 5.78 Å². The number of carbonyl (C=O) groups excluding carboxylic acids is 1. The Kier molecular flexibility index (Phi) is 2.74. The summed E-state index contributed by atoms with van der Waals surface area (Å²) in [7, 11) is 0. The summed E-state index contributed by atoms with van der Waals surface area (Å²) in [5, 5.41) is 0. The summed E-state index contributed by atoms with van der Waals surface area (Å²) in [5.41, 5.74) is -0.511. The monoisotopic (exact) mass is 246 g/mol. The highest BCUT2D eigenvalue weighted by atomic mass is 32.2. The van der Waals surface area contributed by atoms with Crippen LogP contribution in [-0.2, 0) is 11.0 Å². The molecule has 0 saturated carbocycles. The molecule has 1 aliphatic heterocycles. The van der Waals surface area contributed by atoms with Crippen LogP contribution in [0.15, 0.2) is 23.1 Å². The topological polar surface area (TPSA) is 17.1 Å². The van der Waals surface area contributed by atoms with Crippen LogP contribution in [0.4, 0.5) is 13.2 Å². The van der Waals surface area contributed by atoms with Crippen molar-refractivity contribution in [2.45, 2.75) is 23.9 Å². The van der Waals surface area contributed by atoms with Gasteiger partial charge >= 0.3 is 6.18 Å². The van der Waals surface area contributed by atoms with Crippen LogP contribution in [0.25, 0.3) is 0 Å². The highest BCUT2D eigenvalue weighted by Gasteiger charge is 2.39. The highest BCUT2D eigenvalue weighted by Crippen LogP contribution is 2.46. The van der Waals surface area contributed by atoms with E-state index in [1.165, 1.54) is 24.8 Å². The average Bonchev–Trinajstić information content (AvgIpc) is 2.58. The van der Waals surface area contributed by atoms with E-state index in [4.69, 9.17) is 0 Å². The molecule has 1 heterocycles. The summed E-state index contributed by atoms with van der Waals surface area (Å²) in [6, 6.07) is 4.07. The van der Waals surface area contributed by atoms with E-state index in [9.17, 15) is 18.0 Å². The highest BCUT2D eigenvalue weighted by molar-refractivity contribution is 7.99. The molecule has 0 spiro atoms. The number of rotatable bonds is 1. The van der Waals surface area contributed by atoms with Crippen molar-refractivity contribution in [2.75, 3.05) is 5.75 Å². The fourth-order valence-corrected chi connectivity index (χ4v) is 3.18. The SMILES string of the molecule is CC(=O)C1CSc2cccc(C(F)(F)F)c21. The normalized spacial score (nSPS) is 19.6. The molecule has 0 saturated heterocycles. The maximum absolute atomic E-state index is 12.8. The Morgan fingerprint density at radius 2 is 2.12 bits per heavy atom. The minimum Gasteiger partial charge on any atom is -0.299 e. The van der Waals surface area contributed by atoms with Crippen LogP contribution in [0.2, 0.25) is 0 Å². The molecule has 0 amide bonds. The smallest absolute Gasteiger partial charge is 0.299 e. The Morgan fingerprint density at radius 1 is 1.44 bits per heavy atom. The Morgan fingerprint density at radius 3 is 2.69 bits per heavy atom. The number of ketones is 1. The second-order valence-corrected chi connectivity index (χ2v) is 4.75. The summed E-state index contributed by atoms with van der Waals surface area (Å²) in [5.74, 6) is -0.404. The number of thioether (sulfide) groups is 1. The number of alkyl halides is 3. The van der Waals surface area contributed by atoms with Crippen molar-refractivity contribution in [2.24, 2.45) is 0 Å². The van der Waals surface area contributed by atoms with Gasteiger partial charge in [-0.25, -0.2) is 0 Å². The van der Waals surface area contributed by atoms with Gasteiger partial charge in [0.15, 0.2) is 0 Å². The number of hydrogen-bond donors (Lipinski definition) is 0. The van der Waals surface area contributed by atoms with E-state index in [1.807, 2.05) is 0 Å². The largest absolute Gasteiger partial charge is 0.416 e. The van der Waals surface area contributed by atoms with Gasteiger partial charge < -0.3 is 0 Å². The number of benzene rings is 1. The summed E-state index contributed by atoms with van der Waals surface area (Å²) in [6.07, 6.45) is -4.38.